The number of carbonyl (C=O) groups excluding carboxylic acids is 1. The van der Waals surface area contributed by atoms with E-state index < -0.39 is 29.3 Å². The van der Waals surface area contributed by atoms with Crippen molar-refractivity contribution in [2.75, 3.05) is 11.9 Å². The van der Waals surface area contributed by atoms with Crippen LogP contribution in [0.1, 0.15) is 30.0 Å². The standard InChI is InChI=1S/C22H18F4N4O/c23-13-3-4-15(17(24)7-13)21-19-10-29(5-6-30(19)11-27-21)22(31)28-14-8-16(12-1-2-12)20(26)18(25)9-14/h3-4,7-9,11-12H,1-2,5-6,10H2,(H,28,31). The van der Waals surface area contributed by atoms with Crippen LogP contribution in [0.2, 0.25) is 0 Å². The number of benzene rings is 2. The smallest absolute Gasteiger partial charge is 0.322 e. The SMILES string of the molecule is O=C(Nc1cc(F)c(F)c(C2CC2)c1)N1CCn2cnc(-c3ccc(F)cc3F)c2C1. The van der Waals surface area contributed by atoms with Crippen molar-refractivity contribution in [1.29, 1.82) is 0 Å². The number of urea groups is 1. The Labute approximate surface area is 175 Å². The van der Waals surface area contributed by atoms with Crippen LogP contribution in [0, 0.1) is 23.3 Å². The maximum Gasteiger partial charge on any atom is 0.322 e. The highest BCUT2D eigenvalue weighted by molar-refractivity contribution is 5.89. The lowest BCUT2D eigenvalue weighted by atomic mass is 10.1. The molecule has 1 aromatic heterocycles. The van der Waals surface area contributed by atoms with Gasteiger partial charge in [0.25, 0.3) is 0 Å². The lowest BCUT2D eigenvalue weighted by Crippen LogP contribution is -2.40. The van der Waals surface area contributed by atoms with Crippen molar-refractivity contribution >= 4 is 11.7 Å². The summed E-state index contributed by atoms with van der Waals surface area (Å²) in [4.78, 5) is 18.5. The van der Waals surface area contributed by atoms with Crippen molar-refractivity contribution in [3.8, 4) is 11.3 Å². The topological polar surface area (TPSA) is 50.2 Å². The Morgan fingerprint density at radius 1 is 1.03 bits per heavy atom. The van der Waals surface area contributed by atoms with E-state index in [2.05, 4.69) is 10.3 Å². The van der Waals surface area contributed by atoms with Crippen LogP contribution >= 0.6 is 0 Å². The van der Waals surface area contributed by atoms with Crippen LogP contribution in [-0.2, 0) is 13.1 Å². The third-order valence-corrected chi connectivity index (χ3v) is 5.70. The van der Waals surface area contributed by atoms with Crippen LogP contribution in [-0.4, -0.2) is 27.0 Å². The van der Waals surface area contributed by atoms with E-state index in [0.717, 1.165) is 31.0 Å². The highest BCUT2D eigenvalue weighted by Gasteiger charge is 2.30. The molecule has 1 aliphatic carbocycles. The van der Waals surface area contributed by atoms with Gasteiger partial charge in [0, 0.05) is 36.5 Å². The fourth-order valence-electron chi connectivity index (χ4n) is 3.91. The Morgan fingerprint density at radius 3 is 2.58 bits per heavy atom. The predicted octanol–water partition coefficient (Wildman–Crippen LogP) is 5.03. The first-order valence-corrected chi connectivity index (χ1v) is 9.95. The van der Waals surface area contributed by atoms with Crippen LogP contribution in [0.15, 0.2) is 36.7 Å². The van der Waals surface area contributed by atoms with Gasteiger partial charge < -0.3 is 14.8 Å². The molecule has 0 spiro atoms. The quantitative estimate of drug-likeness (QED) is 0.593. The van der Waals surface area contributed by atoms with Gasteiger partial charge in [-0.3, -0.25) is 0 Å². The second kappa shape index (κ2) is 7.40. The summed E-state index contributed by atoms with van der Waals surface area (Å²) < 4.78 is 57.3. The van der Waals surface area contributed by atoms with Crippen molar-refractivity contribution in [3.63, 3.8) is 0 Å². The second-order valence-corrected chi connectivity index (χ2v) is 7.84. The highest BCUT2D eigenvalue weighted by atomic mass is 19.2. The molecule has 3 aromatic rings. The van der Waals surface area contributed by atoms with Crippen molar-refractivity contribution in [1.82, 2.24) is 14.5 Å². The number of nitrogens with one attached hydrogen (secondary N) is 1. The van der Waals surface area contributed by atoms with Crippen molar-refractivity contribution in [3.05, 3.63) is 71.2 Å². The number of aromatic nitrogens is 2. The first kappa shape index (κ1) is 19.6. The molecule has 1 aliphatic heterocycles. The van der Waals surface area contributed by atoms with Crippen LogP contribution < -0.4 is 5.32 Å². The Balaban J connectivity index is 1.37. The van der Waals surface area contributed by atoms with E-state index in [1.54, 1.807) is 6.33 Å². The number of rotatable bonds is 3. The van der Waals surface area contributed by atoms with E-state index in [0.29, 0.717) is 24.5 Å². The number of nitrogens with zero attached hydrogens (tertiary/aromatic N) is 3. The van der Waals surface area contributed by atoms with Gasteiger partial charge in [-0.25, -0.2) is 27.3 Å². The molecular weight excluding hydrogens is 412 g/mol. The molecule has 2 heterocycles. The van der Waals surface area contributed by atoms with Gasteiger partial charge in [0.1, 0.15) is 11.6 Å². The average molecular weight is 430 g/mol. The maximum atomic E-state index is 14.3. The largest absolute Gasteiger partial charge is 0.331 e. The lowest BCUT2D eigenvalue weighted by molar-refractivity contribution is 0.197. The van der Waals surface area contributed by atoms with Gasteiger partial charge in [0.15, 0.2) is 11.6 Å². The summed E-state index contributed by atoms with van der Waals surface area (Å²) in [6.45, 7) is 0.931. The summed E-state index contributed by atoms with van der Waals surface area (Å²) in [6.07, 6.45) is 3.15. The van der Waals surface area contributed by atoms with Gasteiger partial charge in [0.05, 0.1) is 24.3 Å². The van der Waals surface area contributed by atoms with Gasteiger partial charge >= 0.3 is 6.03 Å². The van der Waals surface area contributed by atoms with Crippen molar-refractivity contribution < 1.29 is 22.4 Å². The predicted molar refractivity (Wildman–Crippen MR) is 105 cm³/mol. The lowest BCUT2D eigenvalue weighted by Gasteiger charge is -2.29. The van der Waals surface area contributed by atoms with E-state index in [1.165, 1.54) is 17.0 Å². The molecule has 0 unspecified atom stereocenters. The zero-order valence-corrected chi connectivity index (χ0v) is 16.3. The van der Waals surface area contributed by atoms with E-state index >= 15 is 0 Å². The van der Waals surface area contributed by atoms with Gasteiger partial charge in [-0.2, -0.15) is 0 Å². The summed E-state index contributed by atoms with van der Waals surface area (Å²) in [5.41, 5.74) is 1.55. The fourth-order valence-corrected chi connectivity index (χ4v) is 3.91. The zero-order valence-electron chi connectivity index (χ0n) is 16.3. The van der Waals surface area contributed by atoms with Crippen molar-refractivity contribution in [2.24, 2.45) is 0 Å². The molecule has 0 atom stereocenters. The number of fused-ring (bicyclic) bond motifs is 1. The molecule has 2 amide bonds. The number of imidazole rings is 1. The van der Waals surface area contributed by atoms with Gasteiger partial charge in [-0.15, -0.1) is 0 Å². The third kappa shape index (κ3) is 3.64. The molecule has 31 heavy (non-hydrogen) atoms. The highest BCUT2D eigenvalue weighted by Crippen LogP contribution is 2.42. The molecule has 0 bridgehead atoms. The molecule has 2 aliphatic rings. The Kier molecular flexibility index (Phi) is 4.68. The van der Waals surface area contributed by atoms with E-state index in [1.807, 2.05) is 4.57 Å². The van der Waals surface area contributed by atoms with Crippen molar-refractivity contribution in [2.45, 2.75) is 31.8 Å². The second-order valence-electron chi connectivity index (χ2n) is 7.84. The maximum absolute atomic E-state index is 14.3. The molecular formula is C22H18F4N4O. The number of halogens is 4. The molecule has 9 heteroatoms. The Morgan fingerprint density at radius 2 is 1.84 bits per heavy atom. The van der Waals surface area contributed by atoms with Crippen LogP contribution in [0.5, 0.6) is 0 Å². The van der Waals surface area contributed by atoms with Gasteiger partial charge in [-0.1, -0.05) is 0 Å². The minimum atomic E-state index is -0.995. The summed E-state index contributed by atoms with van der Waals surface area (Å²) >= 11 is 0. The number of anilines is 1. The first-order chi connectivity index (χ1) is 14.9. The minimum absolute atomic E-state index is 0.0103. The number of hydrogen-bond acceptors (Lipinski definition) is 2. The van der Waals surface area contributed by atoms with Crippen LogP contribution in [0.3, 0.4) is 0 Å². The summed E-state index contributed by atoms with van der Waals surface area (Å²) in [6, 6.07) is 5.21. The number of hydrogen-bond donors (Lipinski definition) is 1. The molecule has 1 N–H and O–H groups in total. The monoisotopic (exact) mass is 430 g/mol. The van der Waals surface area contributed by atoms with E-state index in [9.17, 15) is 22.4 Å². The number of amides is 2. The Bertz CT molecular complexity index is 1190. The molecule has 1 fully saturated rings. The van der Waals surface area contributed by atoms with E-state index in [4.69, 9.17) is 0 Å². The average Bonchev–Trinajstić information content (AvgIpc) is 3.50. The third-order valence-electron chi connectivity index (χ3n) is 5.70. The minimum Gasteiger partial charge on any atom is -0.331 e. The molecule has 0 radical (unpaired) electrons. The molecule has 5 rings (SSSR count). The fraction of sp³-hybridized carbons (Fsp3) is 0.273. The molecule has 5 nitrogen and oxygen atoms in total. The molecule has 2 aromatic carbocycles. The van der Waals surface area contributed by atoms with Crippen LogP contribution in [0.4, 0.5) is 28.0 Å². The molecule has 1 saturated carbocycles. The summed E-state index contributed by atoms with van der Waals surface area (Å²) in [7, 11) is 0. The summed E-state index contributed by atoms with van der Waals surface area (Å²) in [5, 5.41) is 2.63. The van der Waals surface area contributed by atoms with Gasteiger partial charge in [-0.05, 0) is 42.5 Å². The molecule has 160 valence electrons. The number of carbonyl (C=O) groups is 1. The zero-order chi connectivity index (χ0) is 21.7. The normalized spacial score (nSPS) is 15.7. The van der Waals surface area contributed by atoms with Crippen LogP contribution in [0.25, 0.3) is 11.3 Å². The summed E-state index contributed by atoms with van der Waals surface area (Å²) in [5.74, 6) is -3.30. The van der Waals surface area contributed by atoms with Gasteiger partial charge in [0.2, 0.25) is 0 Å². The molecule has 0 saturated heterocycles. The first-order valence-electron chi connectivity index (χ1n) is 9.95. The van der Waals surface area contributed by atoms with E-state index in [-0.39, 0.29) is 29.3 Å². The Hall–Kier alpha value is -3.36.